The summed E-state index contributed by atoms with van der Waals surface area (Å²) in [5.41, 5.74) is 1.09. The van der Waals surface area contributed by atoms with Crippen molar-refractivity contribution >= 4 is 11.3 Å². The van der Waals surface area contributed by atoms with Crippen LogP contribution in [0.3, 0.4) is 0 Å². The summed E-state index contributed by atoms with van der Waals surface area (Å²) in [4.78, 5) is 7.03. The molecule has 0 amide bonds. The van der Waals surface area contributed by atoms with Crippen molar-refractivity contribution in [2.75, 3.05) is 26.3 Å². The molecule has 2 atom stereocenters. The molecular formula is C17H28N2O2S. The van der Waals surface area contributed by atoms with Crippen LogP contribution in [0.15, 0.2) is 5.38 Å². The Hall–Kier alpha value is -0.490. The summed E-state index contributed by atoms with van der Waals surface area (Å²) in [5.74, 6) is 0.522. The van der Waals surface area contributed by atoms with E-state index in [1.807, 2.05) is 6.92 Å². The minimum atomic E-state index is 0.0283. The van der Waals surface area contributed by atoms with Gasteiger partial charge in [0.2, 0.25) is 0 Å². The van der Waals surface area contributed by atoms with Crippen molar-refractivity contribution < 1.29 is 9.47 Å². The van der Waals surface area contributed by atoms with E-state index in [9.17, 15) is 0 Å². The van der Waals surface area contributed by atoms with Crippen LogP contribution in [-0.4, -0.2) is 47.8 Å². The van der Waals surface area contributed by atoms with E-state index in [4.69, 9.17) is 9.47 Å². The molecule has 1 aliphatic heterocycles. The van der Waals surface area contributed by atoms with E-state index in [-0.39, 0.29) is 5.60 Å². The van der Waals surface area contributed by atoms with E-state index < -0.39 is 0 Å². The Morgan fingerprint density at radius 3 is 3.14 bits per heavy atom. The summed E-state index contributed by atoms with van der Waals surface area (Å²) in [7, 11) is 0. The molecule has 2 heterocycles. The van der Waals surface area contributed by atoms with Gasteiger partial charge in [-0.3, -0.25) is 4.90 Å². The maximum Gasteiger partial charge on any atom is 0.0898 e. The van der Waals surface area contributed by atoms with Crippen LogP contribution < -0.4 is 0 Å². The zero-order chi connectivity index (χ0) is 15.6. The maximum atomic E-state index is 6.29. The van der Waals surface area contributed by atoms with Crippen LogP contribution in [0.2, 0.25) is 0 Å². The van der Waals surface area contributed by atoms with E-state index in [1.54, 1.807) is 11.3 Å². The SMILES string of the molecule is Cc1nc(COC[C@@H]2CCC[C@]23CN(C(C)C)CCO3)cs1. The molecule has 1 saturated heterocycles. The van der Waals surface area contributed by atoms with Gasteiger partial charge in [0.25, 0.3) is 0 Å². The first kappa shape index (κ1) is 16.4. The molecule has 2 aliphatic rings. The Bertz CT molecular complexity index is 491. The number of aryl methyl sites for hydroxylation is 1. The molecular weight excluding hydrogens is 296 g/mol. The highest BCUT2D eigenvalue weighted by molar-refractivity contribution is 7.09. The Morgan fingerprint density at radius 2 is 2.41 bits per heavy atom. The molecule has 1 aliphatic carbocycles. The molecule has 0 radical (unpaired) electrons. The highest BCUT2D eigenvalue weighted by atomic mass is 32.1. The third-order valence-corrected chi connectivity index (χ3v) is 5.92. The number of hydrogen-bond donors (Lipinski definition) is 0. The van der Waals surface area contributed by atoms with Gasteiger partial charge < -0.3 is 9.47 Å². The van der Waals surface area contributed by atoms with Crippen LogP contribution in [-0.2, 0) is 16.1 Å². The molecule has 22 heavy (non-hydrogen) atoms. The minimum absolute atomic E-state index is 0.0283. The quantitative estimate of drug-likeness (QED) is 0.833. The largest absolute Gasteiger partial charge is 0.375 e. The second kappa shape index (κ2) is 6.95. The number of rotatable bonds is 5. The normalized spacial score (nSPS) is 29.7. The summed E-state index contributed by atoms with van der Waals surface area (Å²) >= 11 is 1.69. The molecule has 3 rings (SSSR count). The van der Waals surface area contributed by atoms with E-state index in [2.05, 4.69) is 29.1 Å². The fourth-order valence-electron chi connectivity index (χ4n) is 3.80. The predicted octanol–water partition coefficient (Wildman–Crippen LogP) is 3.25. The van der Waals surface area contributed by atoms with Gasteiger partial charge in [0.1, 0.15) is 0 Å². The molecule has 0 aromatic carbocycles. The van der Waals surface area contributed by atoms with Gasteiger partial charge in [-0.05, 0) is 33.6 Å². The van der Waals surface area contributed by atoms with E-state index in [0.29, 0.717) is 18.6 Å². The first-order chi connectivity index (χ1) is 10.6. The molecule has 124 valence electrons. The highest BCUT2D eigenvalue weighted by Gasteiger charge is 2.47. The Morgan fingerprint density at radius 1 is 1.55 bits per heavy atom. The fraction of sp³-hybridized carbons (Fsp3) is 0.824. The van der Waals surface area contributed by atoms with Gasteiger partial charge in [-0.25, -0.2) is 4.98 Å². The van der Waals surface area contributed by atoms with Gasteiger partial charge in [0.15, 0.2) is 0 Å². The van der Waals surface area contributed by atoms with E-state index in [1.165, 1.54) is 19.3 Å². The summed E-state index contributed by atoms with van der Waals surface area (Å²) < 4.78 is 12.3. The smallest absolute Gasteiger partial charge is 0.0898 e. The molecule has 0 bridgehead atoms. The molecule has 4 nitrogen and oxygen atoms in total. The third-order valence-electron chi connectivity index (χ3n) is 5.10. The maximum absolute atomic E-state index is 6.29. The number of hydrogen-bond acceptors (Lipinski definition) is 5. The predicted molar refractivity (Wildman–Crippen MR) is 89.2 cm³/mol. The van der Waals surface area contributed by atoms with Crippen LogP contribution in [0.25, 0.3) is 0 Å². The average Bonchev–Trinajstić information content (AvgIpc) is 3.07. The second-order valence-electron chi connectivity index (χ2n) is 6.94. The fourth-order valence-corrected chi connectivity index (χ4v) is 4.40. The van der Waals surface area contributed by atoms with Gasteiger partial charge in [-0.2, -0.15) is 0 Å². The minimum Gasteiger partial charge on any atom is -0.375 e. The molecule has 5 heteroatoms. The van der Waals surface area contributed by atoms with Crippen molar-refractivity contribution in [3.05, 3.63) is 16.1 Å². The lowest BCUT2D eigenvalue weighted by Crippen LogP contribution is -2.56. The average molecular weight is 324 g/mol. The number of aromatic nitrogens is 1. The zero-order valence-electron chi connectivity index (χ0n) is 14.0. The van der Waals surface area contributed by atoms with Gasteiger partial charge >= 0.3 is 0 Å². The summed E-state index contributed by atoms with van der Waals surface area (Å²) in [6.45, 7) is 11.0. The lowest BCUT2D eigenvalue weighted by atomic mass is 9.89. The van der Waals surface area contributed by atoms with Crippen molar-refractivity contribution in [2.24, 2.45) is 5.92 Å². The molecule has 2 fully saturated rings. The van der Waals surface area contributed by atoms with Crippen molar-refractivity contribution in [1.82, 2.24) is 9.88 Å². The van der Waals surface area contributed by atoms with Crippen molar-refractivity contribution in [3.63, 3.8) is 0 Å². The number of morpholine rings is 1. The van der Waals surface area contributed by atoms with Crippen LogP contribution in [0.1, 0.15) is 43.8 Å². The molecule has 0 unspecified atom stereocenters. The van der Waals surface area contributed by atoms with Gasteiger partial charge in [-0.15, -0.1) is 11.3 Å². The van der Waals surface area contributed by atoms with Crippen molar-refractivity contribution in [1.29, 1.82) is 0 Å². The molecule has 1 spiro atoms. The van der Waals surface area contributed by atoms with Crippen molar-refractivity contribution in [2.45, 2.75) is 58.3 Å². The van der Waals surface area contributed by atoms with Crippen molar-refractivity contribution in [3.8, 4) is 0 Å². The highest BCUT2D eigenvalue weighted by Crippen LogP contribution is 2.41. The number of nitrogens with zero attached hydrogens (tertiary/aromatic N) is 2. The zero-order valence-corrected chi connectivity index (χ0v) is 14.8. The van der Waals surface area contributed by atoms with Gasteiger partial charge in [0.05, 0.1) is 36.1 Å². The van der Waals surface area contributed by atoms with Crippen LogP contribution in [0.5, 0.6) is 0 Å². The first-order valence-corrected chi connectivity index (χ1v) is 9.34. The molecule has 1 saturated carbocycles. The summed E-state index contributed by atoms with van der Waals surface area (Å²) in [6.07, 6.45) is 3.66. The summed E-state index contributed by atoms with van der Waals surface area (Å²) in [6, 6.07) is 0.598. The molecule has 1 aromatic rings. The number of ether oxygens (including phenoxy) is 2. The van der Waals surface area contributed by atoms with E-state index >= 15 is 0 Å². The Labute approximate surface area is 137 Å². The lowest BCUT2D eigenvalue weighted by molar-refractivity contribution is -0.147. The van der Waals surface area contributed by atoms with Crippen LogP contribution in [0.4, 0.5) is 0 Å². The van der Waals surface area contributed by atoms with Gasteiger partial charge in [-0.1, -0.05) is 6.42 Å². The lowest BCUT2D eigenvalue weighted by Gasteiger charge is -2.45. The first-order valence-electron chi connectivity index (χ1n) is 8.46. The topological polar surface area (TPSA) is 34.6 Å². The third kappa shape index (κ3) is 3.53. The standard InChI is InChI=1S/C17H28N2O2S/c1-13(2)19-7-8-21-17(12-19)6-4-5-15(17)9-20-10-16-11-22-14(3)18-16/h11,13,15H,4-10,12H2,1-3H3/t15-,17-/m0/s1. The Kier molecular flexibility index (Phi) is 5.17. The van der Waals surface area contributed by atoms with Gasteiger partial charge in [0, 0.05) is 30.4 Å². The van der Waals surface area contributed by atoms with E-state index in [0.717, 1.165) is 37.0 Å². The monoisotopic (exact) mass is 324 g/mol. The van der Waals surface area contributed by atoms with Crippen LogP contribution in [0, 0.1) is 12.8 Å². The van der Waals surface area contributed by atoms with Crippen LogP contribution >= 0.6 is 11.3 Å². The summed E-state index contributed by atoms with van der Waals surface area (Å²) in [5, 5.41) is 3.20. The number of thiazole rings is 1. The second-order valence-corrected chi connectivity index (χ2v) is 8.00. The Balaban J connectivity index is 1.55. The molecule has 1 aromatic heterocycles. The molecule has 0 N–H and O–H groups in total.